The summed E-state index contributed by atoms with van der Waals surface area (Å²) in [5.41, 5.74) is 1.96. The van der Waals surface area contributed by atoms with E-state index in [0.29, 0.717) is 17.8 Å². The number of nitrogens with one attached hydrogen (secondary N) is 2. The Morgan fingerprint density at radius 1 is 1.42 bits per heavy atom. The molecule has 1 aliphatic carbocycles. The highest BCUT2D eigenvalue weighted by Gasteiger charge is 2.25. The molecule has 24 heavy (non-hydrogen) atoms. The summed E-state index contributed by atoms with van der Waals surface area (Å²) < 4.78 is 1.70. The second-order valence-corrected chi connectivity index (χ2v) is 7.50. The lowest BCUT2D eigenvalue weighted by Gasteiger charge is -2.14. The van der Waals surface area contributed by atoms with Crippen LogP contribution in [0.2, 0.25) is 0 Å². The highest BCUT2D eigenvalue weighted by Crippen LogP contribution is 2.29. The monoisotopic (exact) mass is 345 g/mol. The van der Waals surface area contributed by atoms with E-state index in [9.17, 15) is 4.79 Å². The Bertz CT molecular complexity index is 661. The zero-order chi connectivity index (χ0) is 16.8. The maximum absolute atomic E-state index is 12.1. The second kappa shape index (κ2) is 8.19. The quantitative estimate of drug-likeness (QED) is 0.844. The molecule has 1 aliphatic rings. The van der Waals surface area contributed by atoms with Crippen LogP contribution in [0.5, 0.6) is 0 Å². The highest BCUT2D eigenvalue weighted by molar-refractivity contribution is 7.99. The number of carbonyl (C=O) groups is 1. The van der Waals surface area contributed by atoms with Gasteiger partial charge < -0.3 is 10.6 Å². The summed E-state index contributed by atoms with van der Waals surface area (Å²) >= 11 is 2.00. The lowest BCUT2D eigenvalue weighted by Crippen LogP contribution is -2.40. The van der Waals surface area contributed by atoms with Gasteiger partial charge in [0.2, 0.25) is 0 Å². The van der Waals surface area contributed by atoms with Crippen LogP contribution in [0.3, 0.4) is 0 Å². The fourth-order valence-electron chi connectivity index (χ4n) is 3.03. The normalized spacial score (nSPS) is 20.0. The summed E-state index contributed by atoms with van der Waals surface area (Å²) in [6.45, 7) is 2.68. The van der Waals surface area contributed by atoms with Crippen LogP contribution in [0.4, 0.5) is 4.79 Å². The Balaban J connectivity index is 1.47. The molecule has 1 fully saturated rings. The lowest BCUT2D eigenvalue weighted by atomic mass is 10.2. The summed E-state index contributed by atoms with van der Waals surface area (Å²) in [6, 6.07) is 8.12. The summed E-state index contributed by atoms with van der Waals surface area (Å²) in [5, 5.41) is 10.8. The first-order valence-electron chi connectivity index (χ1n) is 8.34. The molecule has 1 aromatic heterocycles. The van der Waals surface area contributed by atoms with E-state index < -0.39 is 0 Å². The van der Waals surface area contributed by atoms with Crippen LogP contribution in [0.1, 0.15) is 31.7 Å². The number of nitrogens with zero attached hydrogens (tertiary/aromatic N) is 3. The Kier molecular flexibility index (Phi) is 5.74. The van der Waals surface area contributed by atoms with E-state index in [2.05, 4.69) is 27.6 Å². The van der Waals surface area contributed by atoms with E-state index in [0.717, 1.165) is 29.8 Å². The van der Waals surface area contributed by atoms with E-state index in [4.69, 9.17) is 0 Å². The smallest absolute Gasteiger partial charge is 0.315 e. The number of carbonyl (C=O) groups excluding carboxylic acids is 1. The van der Waals surface area contributed by atoms with Crippen molar-refractivity contribution in [1.82, 2.24) is 25.4 Å². The van der Waals surface area contributed by atoms with Gasteiger partial charge in [0.05, 0.1) is 5.69 Å². The number of benzene rings is 1. The van der Waals surface area contributed by atoms with Crippen molar-refractivity contribution >= 4 is 17.8 Å². The molecule has 1 saturated carbocycles. The van der Waals surface area contributed by atoms with Gasteiger partial charge in [0.25, 0.3) is 0 Å². The third-order valence-electron chi connectivity index (χ3n) is 4.17. The van der Waals surface area contributed by atoms with Gasteiger partial charge in [-0.15, -0.1) is 0 Å². The lowest BCUT2D eigenvalue weighted by molar-refractivity contribution is 0.236. The standard InChI is InChI=1S/C17H23N5OS/c1-2-24-16-7-6-14(9-16)21-17(23)19-10-13-4-3-5-15(8-13)22-12-18-11-20-22/h3-5,8,11-12,14,16H,2,6-7,9-10H2,1H3,(H2,19,21,23). The molecule has 2 amide bonds. The molecule has 7 heteroatoms. The van der Waals surface area contributed by atoms with Crippen LogP contribution < -0.4 is 10.6 Å². The molecule has 0 saturated heterocycles. The van der Waals surface area contributed by atoms with Gasteiger partial charge in [-0.1, -0.05) is 19.1 Å². The molecule has 0 radical (unpaired) electrons. The highest BCUT2D eigenvalue weighted by atomic mass is 32.2. The molecule has 1 aromatic carbocycles. The van der Waals surface area contributed by atoms with Crippen molar-refractivity contribution in [2.24, 2.45) is 0 Å². The van der Waals surface area contributed by atoms with Gasteiger partial charge in [0, 0.05) is 17.8 Å². The van der Waals surface area contributed by atoms with Gasteiger partial charge in [0.15, 0.2) is 0 Å². The summed E-state index contributed by atoms with van der Waals surface area (Å²) in [6.07, 6.45) is 6.51. The average Bonchev–Trinajstić information content (AvgIpc) is 3.26. The predicted molar refractivity (Wildman–Crippen MR) is 96.3 cm³/mol. The molecule has 6 nitrogen and oxygen atoms in total. The third-order valence-corrected chi connectivity index (χ3v) is 5.40. The van der Waals surface area contributed by atoms with Gasteiger partial charge in [0.1, 0.15) is 12.7 Å². The van der Waals surface area contributed by atoms with Gasteiger partial charge in [-0.05, 0) is 42.7 Å². The van der Waals surface area contributed by atoms with Crippen molar-refractivity contribution in [3.8, 4) is 5.69 Å². The number of urea groups is 1. The van der Waals surface area contributed by atoms with E-state index in [1.807, 2.05) is 36.0 Å². The van der Waals surface area contributed by atoms with E-state index in [-0.39, 0.29) is 6.03 Å². The molecule has 128 valence electrons. The first-order valence-corrected chi connectivity index (χ1v) is 9.39. The van der Waals surface area contributed by atoms with Crippen LogP contribution in [-0.4, -0.2) is 37.8 Å². The Labute approximate surface area is 146 Å². The zero-order valence-corrected chi connectivity index (χ0v) is 14.6. The number of hydrogen-bond donors (Lipinski definition) is 2. The van der Waals surface area contributed by atoms with Gasteiger partial charge in [-0.3, -0.25) is 0 Å². The first-order chi connectivity index (χ1) is 11.7. The molecule has 2 unspecified atom stereocenters. The molecular formula is C17H23N5OS. The van der Waals surface area contributed by atoms with Crippen LogP contribution in [0.25, 0.3) is 5.69 Å². The second-order valence-electron chi connectivity index (χ2n) is 5.92. The third kappa shape index (κ3) is 4.50. The molecule has 0 spiro atoms. The van der Waals surface area contributed by atoms with Gasteiger partial charge in [-0.2, -0.15) is 16.9 Å². The number of hydrogen-bond acceptors (Lipinski definition) is 4. The molecule has 3 rings (SSSR count). The van der Waals surface area contributed by atoms with Crippen LogP contribution in [0, 0.1) is 0 Å². The largest absolute Gasteiger partial charge is 0.335 e. The van der Waals surface area contributed by atoms with Crippen molar-refractivity contribution in [2.75, 3.05) is 5.75 Å². The number of rotatable bonds is 6. The fraction of sp³-hybridized carbons (Fsp3) is 0.471. The predicted octanol–water partition coefficient (Wildman–Crippen LogP) is 2.74. The minimum Gasteiger partial charge on any atom is -0.335 e. The molecule has 2 N–H and O–H groups in total. The number of aromatic nitrogens is 3. The average molecular weight is 345 g/mol. The maximum atomic E-state index is 12.1. The van der Waals surface area contributed by atoms with Crippen molar-refractivity contribution in [3.05, 3.63) is 42.5 Å². The van der Waals surface area contributed by atoms with Gasteiger partial charge >= 0.3 is 6.03 Å². The summed E-state index contributed by atoms with van der Waals surface area (Å²) in [5.74, 6) is 1.14. The SMILES string of the molecule is CCSC1CCC(NC(=O)NCc2cccc(-n3cncn3)c2)C1. The molecule has 0 aliphatic heterocycles. The topological polar surface area (TPSA) is 71.8 Å². The molecule has 1 heterocycles. The molecule has 2 atom stereocenters. The van der Waals surface area contributed by atoms with Crippen molar-refractivity contribution in [2.45, 2.75) is 44.0 Å². The van der Waals surface area contributed by atoms with Crippen LogP contribution >= 0.6 is 11.8 Å². The Morgan fingerprint density at radius 2 is 2.33 bits per heavy atom. The summed E-state index contributed by atoms with van der Waals surface area (Å²) in [7, 11) is 0. The maximum Gasteiger partial charge on any atom is 0.315 e. The van der Waals surface area contributed by atoms with E-state index in [1.165, 1.54) is 12.7 Å². The fourth-order valence-corrected chi connectivity index (χ4v) is 4.17. The van der Waals surface area contributed by atoms with Crippen LogP contribution in [0.15, 0.2) is 36.9 Å². The minimum absolute atomic E-state index is 0.0895. The van der Waals surface area contributed by atoms with E-state index in [1.54, 1.807) is 11.0 Å². The first kappa shape index (κ1) is 16.8. The van der Waals surface area contributed by atoms with Crippen molar-refractivity contribution in [1.29, 1.82) is 0 Å². The van der Waals surface area contributed by atoms with Crippen molar-refractivity contribution in [3.63, 3.8) is 0 Å². The van der Waals surface area contributed by atoms with Crippen molar-refractivity contribution < 1.29 is 4.79 Å². The number of thioether (sulfide) groups is 1. The molecule has 2 aromatic rings. The molecular weight excluding hydrogens is 322 g/mol. The van der Waals surface area contributed by atoms with E-state index >= 15 is 0 Å². The van der Waals surface area contributed by atoms with Gasteiger partial charge in [-0.25, -0.2) is 14.5 Å². The summed E-state index contributed by atoms with van der Waals surface area (Å²) in [4.78, 5) is 16.0. The minimum atomic E-state index is -0.0895. The number of amides is 2. The molecule has 0 bridgehead atoms. The van der Waals surface area contributed by atoms with Crippen LogP contribution in [-0.2, 0) is 6.54 Å². The Hall–Kier alpha value is -2.02. The Morgan fingerprint density at radius 3 is 3.12 bits per heavy atom. The zero-order valence-electron chi connectivity index (χ0n) is 13.8.